The van der Waals surface area contributed by atoms with Crippen LogP contribution >= 0.6 is 0 Å². The fourth-order valence-electron chi connectivity index (χ4n) is 2.47. The van der Waals surface area contributed by atoms with Crippen molar-refractivity contribution < 1.29 is 4.79 Å². The van der Waals surface area contributed by atoms with Gasteiger partial charge in [0, 0.05) is 23.0 Å². The highest BCUT2D eigenvalue weighted by Crippen LogP contribution is 2.05. The molecule has 0 fully saturated rings. The molecule has 1 aliphatic heterocycles. The second-order valence-corrected chi connectivity index (χ2v) is 5.07. The molecule has 0 unspecified atom stereocenters. The van der Waals surface area contributed by atoms with Crippen molar-refractivity contribution in [3.8, 4) is 0 Å². The highest BCUT2D eigenvalue weighted by atomic mass is 16.1. The van der Waals surface area contributed by atoms with E-state index in [-0.39, 0.29) is 5.91 Å². The van der Waals surface area contributed by atoms with Gasteiger partial charge in [-0.05, 0) is 42.3 Å². The van der Waals surface area contributed by atoms with Crippen molar-refractivity contribution in [1.82, 2.24) is 5.32 Å². The molecular formula is C17H17N3O. The molecule has 0 saturated carbocycles. The lowest BCUT2D eigenvalue weighted by atomic mass is 10.1. The Kier molecular flexibility index (Phi) is 3.69. The van der Waals surface area contributed by atoms with E-state index in [2.05, 4.69) is 10.3 Å². The molecule has 3 rings (SSSR count). The lowest BCUT2D eigenvalue weighted by molar-refractivity contribution is 0.0954. The summed E-state index contributed by atoms with van der Waals surface area (Å²) in [5, 5.41) is 5.05. The number of fused-ring (bicyclic) bond motifs is 1. The molecular weight excluding hydrogens is 262 g/mol. The quantitative estimate of drug-likeness (QED) is 0.816. The van der Waals surface area contributed by atoms with E-state index in [1.54, 1.807) is 0 Å². The minimum absolute atomic E-state index is 0.0427. The molecule has 106 valence electrons. The van der Waals surface area contributed by atoms with Gasteiger partial charge in [-0.1, -0.05) is 18.2 Å². The van der Waals surface area contributed by atoms with Crippen molar-refractivity contribution >= 4 is 17.2 Å². The monoisotopic (exact) mass is 279 g/mol. The minimum atomic E-state index is -0.0427. The summed E-state index contributed by atoms with van der Waals surface area (Å²) in [6.07, 6.45) is 0.790. The first-order chi connectivity index (χ1) is 10.2. The van der Waals surface area contributed by atoms with Crippen LogP contribution in [0.5, 0.6) is 0 Å². The predicted molar refractivity (Wildman–Crippen MR) is 83.3 cm³/mol. The summed E-state index contributed by atoms with van der Waals surface area (Å²) in [7, 11) is 0. The molecule has 1 amide bonds. The summed E-state index contributed by atoms with van der Waals surface area (Å²) in [6.45, 7) is 1.30. The van der Waals surface area contributed by atoms with E-state index in [0.717, 1.165) is 22.7 Å². The first-order valence-corrected chi connectivity index (χ1v) is 6.99. The third-order valence-corrected chi connectivity index (χ3v) is 3.59. The molecule has 4 nitrogen and oxygen atoms in total. The molecule has 3 N–H and O–H groups in total. The minimum Gasteiger partial charge on any atom is -0.399 e. The Morgan fingerprint density at radius 2 is 2.00 bits per heavy atom. The normalized spacial score (nSPS) is 12.7. The zero-order valence-electron chi connectivity index (χ0n) is 11.7. The summed E-state index contributed by atoms with van der Waals surface area (Å²) in [5.74, 6) is -0.0427. The van der Waals surface area contributed by atoms with Gasteiger partial charge in [-0.15, -0.1) is 0 Å². The van der Waals surface area contributed by atoms with E-state index >= 15 is 0 Å². The lowest BCUT2D eigenvalue weighted by Crippen LogP contribution is -2.27. The van der Waals surface area contributed by atoms with Crippen molar-refractivity contribution in [3.05, 3.63) is 64.7 Å². The van der Waals surface area contributed by atoms with Gasteiger partial charge in [0.2, 0.25) is 0 Å². The maximum Gasteiger partial charge on any atom is 0.251 e. The third-order valence-electron chi connectivity index (χ3n) is 3.59. The maximum atomic E-state index is 12.0. The number of amides is 1. The van der Waals surface area contributed by atoms with E-state index in [0.29, 0.717) is 18.7 Å². The van der Waals surface area contributed by atoms with Gasteiger partial charge < -0.3 is 11.1 Å². The van der Waals surface area contributed by atoms with Gasteiger partial charge in [-0.2, -0.15) is 0 Å². The molecule has 0 aromatic heterocycles. The molecule has 0 atom stereocenters. The van der Waals surface area contributed by atoms with Crippen molar-refractivity contribution in [3.63, 3.8) is 0 Å². The van der Waals surface area contributed by atoms with Crippen LogP contribution in [0.1, 0.15) is 16.8 Å². The van der Waals surface area contributed by atoms with Crippen LogP contribution in [0.15, 0.2) is 53.5 Å². The van der Waals surface area contributed by atoms with Gasteiger partial charge in [0.25, 0.3) is 5.91 Å². The maximum absolute atomic E-state index is 12.0. The van der Waals surface area contributed by atoms with Crippen molar-refractivity contribution in [2.24, 2.45) is 4.99 Å². The Morgan fingerprint density at radius 3 is 2.81 bits per heavy atom. The van der Waals surface area contributed by atoms with Crippen molar-refractivity contribution in [1.29, 1.82) is 0 Å². The zero-order valence-corrected chi connectivity index (χ0v) is 11.7. The van der Waals surface area contributed by atoms with Crippen LogP contribution in [0.3, 0.4) is 0 Å². The molecule has 0 radical (unpaired) electrons. The van der Waals surface area contributed by atoms with E-state index in [9.17, 15) is 4.79 Å². The number of benzene rings is 2. The number of carbonyl (C=O) groups is 1. The number of carbonyl (C=O) groups excluding carboxylic acids is 1. The highest BCUT2D eigenvalue weighted by molar-refractivity contribution is 5.94. The SMILES string of the molecule is Nc1ccc2c(c1)=C(CCNC(=O)c1ccccc1)CN=2. The summed E-state index contributed by atoms with van der Waals surface area (Å²) < 4.78 is 0. The van der Waals surface area contributed by atoms with Crippen molar-refractivity contribution in [2.45, 2.75) is 6.42 Å². The summed E-state index contributed by atoms with van der Waals surface area (Å²) in [5.41, 5.74) is 8.48. The molecule has 21 heavy (non-hydrogen) atoms. The molecule has 2 aromatic carbocycles. The Morgan fingerprint density at radius 1 is 1.19 bits per heavy atom. The van der Waals surface area contributed by atoms with E-state index in [1.165, 1.54) is 5.57 Å². The number of hydrogen-bond donors (Lipinski definition) is 2. The zero-order chi connectivity index (χ0) is 14.7. The smallest absolute Gasteiger partial charge is 0.251 e. The van der Waals surface area contributed by atoms with E-state index in [4.69, 9.17) is 5.73 Å². The molecule has 2 aromatic rings. The fourth-order valence-corrected chi connectivity index (χ4v) is 2.47. The van der Waals surface area contributed by atoms with Gasteiger partial charge in [0.1, 0.15) is 0 Å². The van der Waals surface area contributed by atoms with Gasteiger partial charge >= 0.3 is 0 Å². The van der Waals surface area contributed by atoms with Gasteiger partial charge in [0.05, 0.1) is 11.9 Å². The van der Waals surface area contributed by atoms with Gasteiger partial charge in [-0.3, -0.25) is 9.79 Å². The Labute approximate surface area is 123 Å². The molecule has 4 heteroatoms. The highest BCUT2D eigenvalue weighted by Gasteiger charge is 2.08. The second kappa shape index (κ2) is 5.79. The van der Waals surface area contributed by atoms with E-state index in [1.807, 2.05) is 48.5 Å². The van der Waals surface area contributed by atoms with Gasteiger partial charge in [-0.25, -0.2) is 0 Å². The van der Waals surface area contributed by atoms with Crippen LogP contribution in [-0.2, 0) is 0 Å². The third kappa shape index (κ3) is 2.94. The number of nitrogens with two attached hydrogens (primary N) is 1. The average molecular weight is 279 g/mol. The summed E-state index contributed by atoms with van der Waals surface area (Å²) >= 11 is 0. The molecule has 0 spiro atoms. The number of nitrogens with zero attached hydrogens (tertiary/aromatic N) is 1. The molecule has 0 saturated heterocycles. The van der Waals surface area contributed by atoms with Crippen LogP contribution in [0.2, 0.25) is 0 Å². The van der Waals surface area contributed by atoms with Crippen LogP contribution in [0.4, 0.5) is 5.69 Å². The van der Waals surface area contributed by atoms with Crippen molar-refractivity contribution in [2.75, 3.05) is 18.8 Å². The Bertz CT molecular complexity index is 781. The number of hydrogen-bond acceptors (Lipinski definition) is 3. The Hall–Kier alpha value is -2.62. The fraction of sp³-hybridized carbons (Fsp3) is 0.176. The topological polar surface area (TPSA) is 67.5 Å². The predicted octanol–water partition coefficient (Wildman–Crippen LogP) is 0.873. The summed E-state index contributed by atoms with van der Waals surface area (Å²) in [6, 6.07) is 15.0. The van der Waals surface area contributed by atoms with Crippen LogP contribution in [0, 0.1) is 0 Å². The Balaban J connectivity index is 1.66. The van der Waals surface area contributed by atoms with Gasteiger partial charge in [0.15, 0.2) is 0 Å². The van der Waals surface area contributed by atoms with Crippen LogP contribution in [0.25, 0.3) is 5.57 Å². The molecule has 1 aliphatic rings. The summed E-state index contributed by atoms with van der Waals surface area (Å²) in [4.78, 5) is 16.4. The molecule has 1 heterocycles. The van der Waals surface area contributed by atoms with Crippen LogP contribution < -0.4 is 21.6 Å². The number of rotatable bonds is 4. The van der Waals surface area contributed by atoms with E-state index < -0.39 is 0 Å². The largest absolute Gasteiger partial charge is 0.399 e. The number of anilines is 1. The molecule has 0 aliphatic carbocycles. The van der Waals surface area contributed by atoms with Crippen LogP contribution in [-0.4, -0.2) is 19.0 Å². The first kappa shape index (κ1) is 13.4. The first-order valence-electron chi connectivity index (χ1n) is 6.99. The number of nitrogen functional groups attached to an aromatic ring is 1. The average Bonchev–Trinajstić information content (AvgIpc) is 2.90. The second-order valence-electron chi connectivity index (χ2n) is 5.07. The lowest BCUT2D eigenvalue weighted by Gasteiger charge is -2.05. The standard InChI is InChI=1S/C17H17N3O/c18-14-6-7-16-15(10-14)13(11-20-16)8-9-19-17(21)12-4-2-1-3-5-12/h1-7,10H,8-9,11,18H2,(H,19,21). The molecule has 0 bridgehead atoms. The number of nitrogens with one attached hydrogen (secondary N) is 1.